The van der Waals surface area contributed by atoms with Crippen molar-refractivity contribution in [2.24, 2.45) is 0 Å². The lowest BCUT2D eigenvalue weighted by Gasteiger charge is -2.16. The summed E-state index contributed by atoms with van der Waals surface area (Å²) in [6.45, 7) is 3.34. The number of rotatable bonds is 4. The van der Waals surface area contributed by atoms with Crippen LogP contribution in [0.1, 0.15) is 45.4 Å². The standard InChI is InChI=1S/C11H22N2O/c1-2-12-9-11(14)13-10-7-5-3-4-6-8-10/h10,12H,2-9H2,1H3,(H,13,14). The minimum absolute atomic E-state index is 0.152. The summed E-state index contributed by atoms with van der Waals surface area (Å²) >= 11 is 0. The molecule has 0 aromatic rings. The number of amides is 1. The molecule has 1 aliphatic rings. The predicted molar refractivity (Wildman–Crippen MR) is 58.2 cm³/mol. The summed E-state index contributed by atoms with van der Waals surface area (Å²) in [5, 5.41) is 6.13. The number of carbonyl (C=O) groups is 1. The highest BCUT2D eigenvalue weighted by Gasteiger charge is 2.13. The molecule has 1 aliphatic carbocycles. The van der Waals surface area contributed by atoms with E-state index in [1.807, 2.05) is 6.92 Å². The van der Waals surface area contributed by atoms with Crippen molar-refractivity contribution >= 4 is 5.91 Å². The van der Waals surface area contributed by atoms with E-state index >= 15 is 0 Å². The zero-order valence-corrected chi connectivity index (χ0v) is 9.14. The van der Waals surface area contributed by atoms with Gasteiger partial charge in [0, 0.05) is 6.04 Å². The van der Waals surface area contributed by atoms with Crippen LogP contribution >= 0.6 is 0 Å². The Morgan fingerprint density at radius 1 is 1.21 bits per heavy atom. The smallest absolute Gasteiger partial charge is 0.234 e. The Bertz CT molecular complexity index is 163. The Balaban J connectivity index is 2.17. The molecule has 0 spiro atoms. The molecule has 14 heavy (non-hydrogen) atoms. The molecule has 1 rings (SSSR count). The summed E-state index contributed by atoms with van der Waals surface area (Å²) in [5.74, 6) is 0.152. The van der Waals surface area contributed by atoms with Gasteiger partial charge in [-0.3, -0.25) is 4.79 Å². The number of hydrogen-bond acceptors (Lipinski definition) is 2. The summed E-state index contributed by atoms with van der Waals surface area (Å²) in [7, 11) is 0. The molecule has 1 amide bonds. The zero-order chi connectivity index (χ0) is 10.2. The second kappa shape index (κ2) is 6.82. The first-order valence-electron chi connectivity index (χ1n) is 5.83. The van der Waals surface area contributed by atoms with Crippen LogP contribution in [-0.4, -0.2) is 25.0 Å². The lowest BCUT2D eigenvalue weighted by atomic mass is 10.1. The molecule has 0 heterocycles. The molecule has 2 N–H and O–H groups in total. The minimum atomic E-state index is 0.152. The summed E-state index contributed by atoms with van der Waals surface area (Å²) in [6.07, 6.45) is 7.53. The lowest BCUT2D eigenvalue weighted by molar-refractivity contribution is -0.121. The van der Waals surface area contributed by atoms with Crippen molar-refractivity contribution in [1.29, 1.82) is 0 Å². The van der Waals surface area contributed by atoms with Crippen LogP contribution in [0.3, 0.4) is 0 Å². The number of carbonyl (C=O) groups excluding carboxylic acids is 1. The largest absolute Gasteiger partial charge is 0.352 e. The van der Waals surface area contributed by atoms with Crippen molar-refractivity contribution in [3.05, 3.63) is 0 Å². The first-order valence-corrected chi connectivity index (χ1v) is 5.83. The van der Waals surface area contributed by atoms with Crippen LogP contribution in [0.4, 0.5) is 0 Å². The maximum Gasteiger partial charge on any atom is 0.234 e. The Labute approximate surface area is 86.6 Å². The lowest BCUT2D eigenvalue weighted by Crippen LogP contribution is -2.40. The van der Waals surface area contributed by atoms with Crippen LogP contribution in [0.25, 0.3) is 0 Å². The van der Waals surface area contributed by atoms with Crippen molar-refractivity contribution in [3.63, 3.8) is 0 Å². The van der Waals surface area contributed by atoms with E-state index in [0.29, 0.717) is 12.6 Å². The average molecular weight is 198 g/mol. The normalized spacial score (nSPS) is 18.9. The fourth-order valence-corrected chi connectivity index (χ4v) is 1.94. The Hall–Kier alpha value is -0.570. The quantitative estimate of drug-likeness (QED) is 0.671. The summed E-state index contributed by atoms with van der Waals surface area (Å²) in [6, 6.07) is 0.434. The first-order chi connectivity index (χ1) is 6.83. The SMILES string of the molecule is CCNCC(=O)NC1CCCCCC1. The monoisotopic (exact) mass is 198 g/mol. The van der Waals surface area contributed by atoms with E-state index in [2.05, 4.69) is 10.6 Å². The van der Waals surface area contributed by atoms with E-state index in [1.54, 1.807) is 0 Å². The molecule has 0 radical (unpaired) electrons. The van der Waals surface area contributed by atoms with Gasteiger partial charge in [0.05, 0.1) is 6.54 Å². The van der Waals surface area contributed by atoms with Crippen LogP contribution in [0, 0.1) is 0 Å². The van der Waals surface area contributed by atoms with E-state index < -0.39 is 0 Å². The van der Waals surface area contributed by atoms with Gasteiger partial charge in [-0.05, 0) is 19.4 Å². The predicted octanol–water partition coefficient (Wildman–Crippen LogP) is 1.43. The molecule has 3 heteroatoms. The fraction of sp³-hybridized carbons (Fsp3) is 0.909. The molecule has 0 aliphatic heterocycles. The molecule has 1 fully saturated rings. The second-order valence-electron chi connectivity index (χ2n) is 4.04. The van der Waals surface area contributed by atoms with E-state index in [9.17, 15) is 4.79 Å². The van der Waals surface area contributed by atoms with Gasteiger partial charge < -0.3 is 10.6 Å². The van der Waals surface area contributed by atoms with Gasteiger partial charge in [-0.1, -0.05) is 32.6 Å². The van der Waals surface area contributed by atoms with Crippen molar-refractivity contribution in [2.45, 2.75) is 51.5 Å². The molecule has 1 saturated carbocycles. The van der Waals surface area contributed by atoms with E-state index in [1.165, 1.54) is 25.7 Å². The van der Waals surface area contributed by atoms with Crippen molar-refractivity contribution in [1.82, 2.24) is 10.6 Å². The van der Waals surface area contributed by atoms with Gasteiger partial charge in [-0.15, -0.1) is 0 Å². The molecule has 0 aromatic heterocycles. The second-order valence-corrected chi connectivity index (χ2v) is 4.04. The molecule has 0 saturated heterocycles. The van der Waals surface area contributed by atoms with E-state index in [4.69, 9.17) is 0 Å². The van der Waals surface area contributed by atoms with E-state index in [0.717, 1.165) is 19.4 Å². The summed E-state index contributed by atoms with van der Waals surface area (Å²) in [5.41, 5.74) is 0. The Kier molecular flexibility index (Phi) is 5.60. The number of hydrogen-bond donors (Lipinski definition) is 2. The Morgan fingerprint density at radius 3 is 2.43 bits per heavy atom. The van der Waals surface area contributed by atoms with Gasteiger partial charge in [-0.2, -0.15) is 0 Å². The zero-order valence-electron chi connectivity index (χ0n) is 9.14. The van der Waals surface area contributed by atoms with Crippen molar-refractivity contribution < 1.29 is 4.79 Å². The van der Waals surface area contributed by atoms with Gasteiger partial charge in [0.2, 0.25) is 5.91 Å². The van der Waals surface area contributed by atoms with Gasteiger partial charge in [0.25, 0.3) is 0 Å². The first kappa shape index (κ1) is 11.5. The third kappa shape index (κ3) is 4.61. The van der Waals surface area contributed by atoms with Gasteiger partial charge in [0.15, 0.2) is 0 Å². The number of likely N-dealkylation sites (N-methyl/N-ethyl adjacent to an activating group) is 1. The molecular weight excluding hydrogens is 176 g/mol. The number of nitrogens with one attached hydrogen (secondary N) is 2. The summed E-state index contributed by atoms with van der Waals surface area (Å²) in [4.78, 5) is 11.4. The molecular formula is C11H22N2O. The average Bonchev–Trinajstić information content (AvgIpc) is 2.43. The Morgan fingerprint density at radius 2 is 1.86 bits per heavy atom. The van der Waals surface area contributed by atoms with Gasteiger partial charge >= 0.3 is 0 Å². The maximum atomic E-state index is 11.4. The van der Waals surface area contributed by atoms with Gasteiger partial charge in [0.1, 0.15) is 0 Å². The van der Waals surface area contributed by atoms with Crippen molar-refractivity contribution in [3.8, 4) is 0 Å². The maximum absolute atomic E-state index is 11.4. The van der Waals surface area contributed by atoms with Crippen molar-refractivity contribution in [2.75, 3.05) is 13.1 Å². The molecule has 3 nitrogen and oxygen atoms in total. The third-order valence-corrected chi connectivity index (χ3v) is 2.76. The van der Waals surface area contributed by atoms with E-state index in [-0.39, 0.29) is 5.91 Å². The molecule has 0 aromatic carbocycles. The fourth-order valence-electron chi connectivity index (χ4n) is 1.94. The topological polar surface area (TPSA) is 41.1 Å². The minimum Gasteiger partial charge on any atom is -0.352 e. The van der Waals surface area contributed by atoms with Crippen LogP contribution in [0.2, 0.25) is 0 Å². The van der Waals surface area contributed by atoms with Crippen LogP contribution in [-0.2, 0) is 4.79 Å². The van der Waals surface area contributed by atoms with Crippen LogP contribution in [0.15, 0.2) is 0 Å². The summed E-state index contributed by atoms with van der Waals surface area (Å²) < 4.78 is 0. The molecule has 0 unspecified atom stereocenters. The van der Waals surface area contributed by atoms with Gasteiger partial charge in [-0.25, -0.2) is 0 Å². The molecule has 0 atom stereocenters. The highest BCUT2D eigenvalue weighted by molar-refractivity contribution is 5.78. The third-order valence-electron chi connectivity index (χ3n) is 2.76. The van der Waals surface area contributed by atoms with Crippen LogP contribution < -0.4 is 10.6 Å². The highest BCUT2D eigenvalue weighted by Crippen LogP contribution is 2.16. The molecule has 82 valence electrons. The highest BCUT2D eigenvalue weighted by atomic mass is 16.1. The molecule has 0 bridgehead atoms. The van der Waals surface area contributed by atoms with Crippen LogP contribution in [0.5, 0.6) is 0 Å².